The van der Waals surface area contributed by atoms with Gasteiger partial charge in [0, 0.05) is 19.0 Å². The minimum Gasteiger partial charge on any atom is -0.497 e. The van der Waals surface area contributed by atoms with E-state index < -0.39 is 6.04 Å². The number of methoxy groups -OCH3 is 1. The van der Waals surface area contributed by atoms with Crippen molar-refractivity contribution in [2.24, 2.45) is 0 Å². The molecule has 3 aromatic rings. The van der Waals surface area contributed by atoms with Crippen LogP contribution in [0.4, 0.5) is 0 Å². The monoisotopic (exact) mass is 474 g/mol. The minimum atomic E-state index is -0.689. The lowest BCUT2D eigenvalue weighted by Gasteiger charge is -2.32. The van der Waals surface area contributed by atoms with Crippen LogP contribution in [0.25, 0.3) is 0 Å². The van der Waals surface area contributed by atoms with E-state index in [1.54, 1.807) is 36.3 Å². The Kier molecular flexibility index (Phi) is 9.30. The standard InChI is InChI=1S/C29H34N2O4/c1-21(2)30-29(33)27(18-23-11-6-5-7-12-23)31(19-24-13-9-8-10-22(24)3)28(32)20-35-26-16-14-25(34-4)15-17-26/h5-17,21,27H,18-20H2,1-4H3,(H,30,33)/t27-/m1/s1. The Morgan fingerprint density at radius 1 is 0.886 bits per heavy atom. The van der Waals surface area contributed by atoms with Crippen molar-refractivity contribution in [1.29, 1.82) is 0 Å². The summed E-state index contributed by atoms with van der Waals surface area (Å²) in [6.45, 7) is 5.96. The lowest BCUT2D eigenvalue weighted by atomic mass is 10.0. The molecule has 3 aromatic carbocycles. The van der Waals surface area contributed by atoms with Crippen LogP contribution in [0, 0.1) is 6.92 Å². The molecule has 0 aliphatic heterocycles. The van der Waals surface area contributed by atoms with Crippen molar-refractivity contribution in [2.45, 2.75) is 45.8 Å². The van der Waals surface area contributed by atoms with Gasteiger partial charge in [-0.3, -0.25) is 9.59 Å². The normalized spacial score (nSPS) is 11.6. The zero-order valence-electron chi connectivity index (χ0n) is 20.9. The first-order chi connectivity index (χ1) is 16.9. The Labute approximate surface area is 207 Å². The summed E-state index contributed by atoms with van der Waals surface area (Å²) in [5, 5.41) is 3.00. The fraction of sp³-hybridized carbons (Fsp3) is 0.310. The van der Waals surface area contributed by atoms with E-state index in [9.17, 15) is 9.59 Å². The van der Waals surface area contributed by atoms with Crippen molar-refractivity contribution in [3.05, 3.63) is 95.6 Å². The number of ether oxygens (including phenoxy) is 2. The zero-order chi connectivity index (χ0) is 25.2. The molecule has 6 heteroatoms. The third-order valence-electron chi connectivity index (χ3n) is 5.73. The smallest absolute Gasteiger partial charge is 0.261 e. The van der Waals surface area contributed by atoms with Crippen LogP contribution in [0.1, 0.15) is 30.5 Å². The average Bonchev–Trinajstić information content (AvgIpc) is 2.86. The molecule has 0 saturated carbocycles. The summed E-state index contributed by atoms with van der Waals surface area (Å²) in [7, 11) is 1.60. The molecule has 0 aliphatic rings. The van der Waals surface area contributed by atoms with E-state index in [1.807, 2.05) is 75.4 Å². The zero-order valence-corrected chi connectivity index (χ0v) is 20.9. The molecule has 35 heavy (non-hydrogen) atoms. The van der Waals surface area contributed by atoms with Gasteiger partial charge in [-0.05, 0) is 61.7 Å². The van der Waals surface area contributed by atoms with E-state index in [2.05, 4.69) is 5.32 Å². The van der Waals surface area contributed by atoms with Crippen molar-refractivity contribution in [2.75, 3.05) is 13.7 Å². The molecule has 0 bridgehead atoms. The van der Waals surface area contributed by atoms with Gasteiger partial charge < -0.3 is 19.7 Å². The first kappa shape index (κ1) is 25.8. The predicted molar refractivity (Wildman–Crippen MR) is 137 cm³/mol. The van der Waals surface area contributed by atoms with Gasteiger partial charge in [0.15, 0.2) is 6.61 Å². The van der Waals surface area contributed by atoms with Gasteiger partial charge in [0.1, 0.15) is 17.5 Å². The molecule has 0 aromatic heterocycles. The summed E-state index contributed by atoms with van der Waals surface area (Å²) >= 11 is 0. The molecular formula is C29H34N2O4. The van der Waals surface area contributed by atoms with E-state index in [0.29, 0.717) is 24.5 Å². The lowest BCUT2D eigenvalue weighted by Crippen LogP contribution is -2.52. The summed E-state index contributed by atoms with van der Waals surface area (Å²) in [5.41, 5.74) is 3.03. The highest BCUT2D eigenvalue weighted by Gasteiger charge is 2.31. The van der Waals surface area contributed by atoms with Crippen LogP contribution >= 0.6 is 0 Å². The molecule has 2 amide bonds. The van der Waals surface area contributed by atoms with Gasteiger partial charge in [-0.25, -0.2) is 0 Å². The number of carbonyl (C=O) groups is 2. The summed E-state index contributed by atoms with van der Waals surface area (Å²) in [6.07, 6.45) is 0.402. The number of nitrogens with zero attached hydrogens (tertiary/aromatic N) is 1. The maximum absolute atomic E-state index is 13.6. The van der Waals surface area contributed by atoms with Gasteiger partial charge in [-0.1, -0.05) is 54.6 Å². The Bertz CT molecular complexity index is 1100. The van der Waals surface area contributed by atoms with Gasteiger partial charge in [-0.15, -0.1) is 0 Å². The molecule has 0 aliphatic carbocycles. The quantitative estimate of drug-likeness (QED) is 0.443. The number of aryl methyl sites for hydroxylation is 1. The highest BCUT2D eigenvalue weighted by molar-refractivity contribution is 5.88. The summed E-state index contributed by atoms with van der Waals surface area (Å²) < 4.78 is 11.0. The number of rotatable bonds is 11. The third-order valence-corrected chi connectivity index (χ3v) is 5.73. The van der Waals surface area contributed by atoms with Gasteiger partial charge in [-0.2, -0.15) is 0 Å². The van der Waals surface area contributed by atoms with Gasteiger partial charge in [0.05, 0.1) is 7.11 Å². The second-order valence-corrected chi connectivity index (χ2v) is 8.78. The van der Waals surface area contributed by atoms with E-state index in [-0.39, 0.29) is 24.5 Å². The summed E-state index contributed by atoms with van der Waals surface area (Å²) in [4.78, 5) is 28.6. The Morgan fingerprint density at radius 3 is 2.14 bits per heavy atom. The SMILES string of the molecule is COc1ccc(OCC(=O)N(Cc2ccccc2C)[C@H](Cc2ccccc2)C(=O)NC(C)C)cc1. The molecule has 6 nitrogen and oxygen atoms in total. The lowest BCUT2D eigenvalue weighted by molar-refractivity contribution is -0.143. The molecule has 0 radical (unpaired) electrons. The number of hydrogen-bond acceptors (Lipinski definition) is 4. The molecule has 3 rings (SSSR count). The van der Waals surface area contributed by atoms with Crippen LogP contribution < -0.4 is 14.8 Å². The van der Waals surface area contributed by atoms with E-state index in [0.717, 1.165) is 16.7 Å². The molecule has 184 valence electrons. The molecule has 0 unspecified atom stereocenters. The minimum absolute atomic E-state index is 0.0493. The topological polar surface area (TPSA) is 67.9 Å². The maximum atomic E-state index is 13.6. The number of hydrogen-bond donors (Lipinski definition) is 1. The highest BCUT2D eigenvalue weighted by atomic mass is 16.5. The third kappa shape index (κ3) is 7.60. The van der Waals surface area contributed by atoms with Crippen LogP contribution in [0.15, 0.2) is 78.9 Å². The van der Waals surface area contributed by atoms with Crippen LogP contribution in [0.2, 0.25) is 0 Å². The van der Waals surface area contributed by atoms with Crippen molar-refractivity contribution < 1.29 is 19.1 Å². The van der Waals surface area contributed by atoms with Crippen LogP contribution in [0.5, 0.6) is 11.5 Å². The highest BCUT2D eigenvalue weighted by Crippen LogP contribution is 2.20. The summed E-state index contributed by atoms with van der Waals surface area (Å²) in [6, 6.07) is 24.0. The molecule has 0 saturated heterocycles. The second-order valence-electron chi connectivity index (χ2n) is 8.78. The summed E-state index contributed by atoms with van der Waals surface area (Å²) in [5.74, 6) is 0.818. The molecule has 0 fully saturated rings. The van der Waals surface area contributed by atoms with Crippen molar-refractivity contribution in [3.8, 4) is 11.5 Å². The van der Waals surface area contributed by atoms with Crippen LogP contribution in [-0.2, 0) is 22.6 Å². The first-order valence-electron chi connectivity index (χ1n) is 11.8. The Balaban J connectivity index is 1.89. The molecule has 1 atom stereocenters. The Hall–Kier alpha value is -3.80. The predicted octanol–water partition coefficient (Wildman–Crippen LogP) is 4.55. The fourth-order valence-electron chi connectivity index (χ4n) is 3.81. The van der Waals surface area contributed by atoms with Crippen molar-refractivity contribution in [3.63, 3.8) is 0 Å². The van der Waals surface area contributed by atoms with Gasteiger partial charge in [0.25, 0.3) is 5.91 Å². The van der Waals surface area contributed by atoms with Gasteiger partial charge >= 0.3 is 0 Å². The Morgan fingerprint density at radius 2 is 1.51 bits per heavy atom. The fourth-order valence-corrected chi connectivity index (χ4v) is 3.81. The van der Waals surface area contributed by atoms with E-state index in [1.165, 1.54) is 0 Å². The number of benzene rings is 3. The average molecular weight is 475 g/mol. The van der Waals surface area contributed by atoms with Crippen LogP contribution in [-0.4, -0.2) is 42.5 Å². The van der Waals surface area contributed by atoms with E-state index >= 15 is 0 Å². The molecule has 0 heterocycles. The molecule has 1 N–H and O–H groups in total. The number of carbonyl (C=O) groups excluding carboxylic acids is 2. The number of amides is 2. The molecule has 0 spiro atoms. The van der Waals surface area contributed by atoms with Gasteiger partial charge in [0.2, 0.25) is 5.91 Å². The maximum Gasteiger partial charge on any atom is 0.261 e. The largest absolute Gasteiger partial charge is 0.497 e. The van der Waals surface area contributed by atoms with Crippen molar-refractivity contribution >= 4 is 11.8 Å². The first-order valence-corrected chi connectivity index (χ1v) is 11.8. The second kappa shape index (κ2) is 12.6. The van der Waals surface area contributed by atoms with Crippen molar-refractivity contribution in [1.82, 2.24) is 10.2 Å². The van der Waals surface area contributed by atoms with Crippen LogP contribution in [0.3, 0.4) is 0 Å². The van der Waals surface area contributed by atoms with E-state index in [4.69, 9.17) is 9.47 Å². The molecular weight excluding hydrogens is 440 g/mol. The number of nitrogens with one attached hydrogen (secondary N) is 1.